The Morgan fingerprint density at radius 1 is 1.06 bits per heavy atom. The number of alkyl halides is 1. The van der Waals surface area contributed by atoms with Gasteiger partial charge in [-0.15, -0.1) is 11.6 Å². The number of fused-ring (bicyclic) bond motifs is 1. The molecule has 2 aromatic carbocycles. The maximum absolute atomic E-state index is 5.82. The zero-order valence-corrected chi connectivity index (χ0v) is 11.8. The van der Waals surface area contributed by atoms with Crippen molar-refractivity contribution in [3.63, 3.8) is 0 Å². The highest BCUT2D eigenvalue weighted by molar-refractivity contribution is 6.17. The lowest BCUT2D eigenvalue weighted by Crippen LogP contribution is -2.39. The Morgan fingerprint density at radius 2 is 1.78 bits per heavy atom. The van der Waals surface area contributed by atoms with Gasteiger partial charge < -0.3 is 5.32 Å². The van der Waals surface area contributed by atoms with E-state index in [-0.39, 0.29) is 5.54 Å². The molecule has 0 radical (unpaired) electrons. The van der Waals surface area contributed by atoms with Crippen molar-refractivity contribution in [2.24, 2.45) is 0 Å². The van der Waals surface area contributed by atoms with E-state index in [9.17, 15) is 0 Å². The average Bonchev–Trinajstić information content (AvgIpc) is 2.36. The number of hydrogen-bond donors (Lipinski definition) is 1. The topological polar surface area (TPSA) is 12.0 Å². The molecule has 0 bridgehead atoms. The van der Waals surface area contributed by atoms with Crippen LogP contribution >= 0.6 is 11.6 Å². The molecule has 0 atom stereocenters. The van der Waals surface area contributed by atoms with E-state index in [1.54, 1.807) is 0 Å². The molecule has 0 heterocycles. The Labute approximate surface area is 114 Å². The monoisotopic (exact) mass is 261 g/mol. The van der Waals surface area contributed by atoms with Crippen LogP contribution in [0.2, 0.25) is 0 Å². The van der Waals surface area contributed by atoms with Gasteiger partial charge in [0.25, 0.3) is 0 Å². The summed E-state index contributed by atoms with van der Waals surface area (Å²) in [6, 6.07) is 15.0. The Bertz CT molecular complexity index is 514. The highest BCUT2D eigenvalue weighted by atomic mass is 35.5. The molecule has 2 aromatic rings. The number of halogens is 1. The molecule has 0 aliphatic heterocycles. The van der Waals surface area contributed by atoms with Crippen LogP contribution < -0.4 is 5.32 Å². The van der Waals surface area contributed by atoms with Crippen molar-refractivity contribution < 1.29 is 0 Å². The van der Waals surface area contributed by atoms with Crippen LogP contribution in [-0.2, 0) is 6.54 Å². The molecule has 0 saturated heterocycles. The van der Waals surface area contributed by atoms with Gasteiger partial charge in [0.1, 0.15) is 0 Å². The summed E-state index contributed by atoms with van der Waals surface area (Å²) in [5, 5.41) is 6.21. The summed E-state index contributed by atoms with van der Waals surface area (Å²) in [6.07, 6.45) is 0.972. The Hall–Kier alpha value is -1.05. The maximum Gasteiger partial charge on any atom is 0.0240 e. The quantitative estimate of drug-likeness (QED) is 0.790. The minimum atomic E-state index is 0.0820. The molecule has 96 valence electrons. The van der Waals surface area contributed by atoms with Gasteiger partial charge in [0.15, 0.2) is 0 Å². The number of nitrogens with one attached hydrogen (secondary N) is 1. The Balaban J connectivity index is 2.17. The largest absolute Gasteiger partial charge is 0.308 e. The van der Waals surface area contributed by atoms with Crippen LogP contribution in [0.25, 0.3) is 10.8 Å². The zero-order valence-electron chi connectivity index (χ0n) is 11.0. The van der Waals surface area contributed by atoms with E-state index >= 15 is 0 Å². The smallest absolute Gasteiger partial charge is 0.0240 e. The van der Waals surface area contributed by atoms with Crippen LogP contribution in [0.15, 0.2) is 42.5 Å². The fourth-order valence-corrected chi connectivity index (χ4v) is 2.58. The molecule has 0 saturated carbocycles. The summed E-state index contributed by atoms with van der Waals surface area (Å²) >= 11 is 5.82. The van der Waals surface area contributed by atoms with Gasteiger partial charge >= 0.3 is 0 Å². The molecule has 0 aliphatic carbocycles. The van der Waals surface area contributed by atoms with Gasteiger partial charge in [-0.3, -0.25) is 0 Å². The third-order valence-electron chi connectivity index (χ3n) is 3.36. The highest BCUT2D eigenvalue weighted by Crippen LogP contribution is 2.19. The Morgan fingerprint density at radius 3 is 2.56 bits per heavy atom. The van der Waals surface area contributed by atoms with Crippen LogP contribution in [0.4, 0.5) is 0 Å². The second-order valence-electron chi connectivity index (χ2n) is 5.31. The predicted octanol–water partition coefficient (Wildman–Crippen LogP) is 4.34. The lowest BCUT2D eigenvalue weighted by atomic mass is 10.00. The van der Waals surface area contributed by atoms with Gasteiger partial charge in [-0.05, 0) is 36.6 Å². The van der Waals surface area contributed by atoms with Crippen molar-refractivity contribution in [2.75, 3.05) is 5.88 Å². The predicted molar refractivity (Wildman–Crippen MR) is 80.2 cm³/mol. The molecule has 0 amide bonds. The molecule has 2 rings (SSSR count). The van der Waals surface area contributed by atoms with Gasteiger partial charge in [-0.2, -0.15) is 0 Å². The molecule has 0 unspecified atom stereocenters. The van der Waals surface area contributed by atoms with Crippen molar-refractivity contribution in [3.05, 3.63) is 48.0 Å². The summed E-state index contributed by atoms with van der Waals surface area (Å²) < 4.78 is 0. The molecule has 2 heteroatoms. The fraction of sp³-hybridized carbons (Fsp3) is 0.375. The zero-order chi connectivity index (χ0) is 13.0. The van der Waals surface area contributed by atoms with E-state index in [1.807, 2.05) is 0 Å². The van der Waals surface area contributed by atoms with Gasteiger partial charge in [-0.25, -0.2) is 0 Å². The van der Waals surface area contributed by atoms with E-state index < -0.39 is 0 Å². The molecular weight excluding hydrogens is 242 g/mol. The first-order valence-corrected chi connectivity index (χ1v) is 6.93. The molecule has 0 aliphatic rings. The first kappa shape index (κ1) is 13.4. The number of hydrogen-bond acceptors (Lipinski definition) is 1. The minimum Gasteiger partial charge on any atom is -0.308 e. The highest BCUT2D eigenvalue weighted by Gasteiger charge is 2.15. The lowest BCUT2D eigenvalue weighted by Gasteiger charge is -2.25. The number of rotatable bonds is 5. The van der Waals surface area contributed by atoms with E-state index in [4.69, 9.17) is 11.6 Å². The van der Waals surface area contributed by atoms with E-state index in [1.165, 1.54) is 16.3 Å². The third kappa shape index (κ3) is 3.24. The number of benzene rings is 2. The van der Waals surface area contributed by atoms with E-state index in [0.29, 0.717) is 5.88 Å². The average molecular weight is 262 g/mol. The van der Waals surface area contributed by atoms with Crippen molar-refractivity contribution in [3.8, 4) is 0 Å². The van der Waals surface area contributed by atoms with Crippen molar-refractivity contribution >= 4 is 22.4 Å². The van der Waals surface area contributed by atoms with Crippen molar-refractivity contribution in [1.82, 2.24) is 5.32 Å². The van der Waals surface area contributed by atoms with Crippen LogP contribution in [0.5, 0.6) is 0 Å². The third-order valence-corrected chi connectivity index (χ3v) is 3.55. The minimum absolute atomic E-state index is 0.0820. The molecule has 0 spiro atoms. The van der Waals surface area contributed by atoms with Gasteiger partial charge in [-0.1, -0.05) is 42.5 Å². The molecule has 18 heavy (non-hydrogen) atoms. The summed E-state index contributed by atoms with van der Waals surface area (Å²) in [4.78, 5) is 0. The summed E-state index contributed by atoms with van der Waals surface area (Å²) in [5.74, 6) is 0.690. The first-order chi connectivity index (χ1) is 8.62. The van der Waals surface area contributed by atoms with E-state index in [2.05, 4.69) is 61.6 Å². The molecular formula is C16H20ClN. The summed E-state index contributed by atoms with van der Waals surface area (Å²) in [7, 11) is 0. The molecule has 1 nitrogen and oxygen atoms in total. The van der Waals surface area contributed by atoms with Crippen LogP contribution in [0, 0.1) is 0 Å². The van der Waals surface area contributed by atoms with Gasteiger partial charge in [0, 0.05) is 18.0 Å². The Kier molecular flexibility index (Phi) is 4.26. The van der Waals surface area contributed by atoms with E-state index in [0.717, 1.165) is 13.0 Å². The fourth-order valence-electron chi connectivity index (χ4n) is 2.11. The van der Waals surface area contributed by atoms with Crippen molar-refractivity contribution in [1.29, 1.82) is 0 Å². The second kappa shape index (κ2) is 5.73. The SMILES string of the molecule is CC(C)(CCCl)NCc1cccc2ccccc12. The molecule has 0 fully saturated rings. The summed E-state index contributed by atoms with van der Waals surface area (Å²) in [5.41, 5.74) is 1.43. The summed E-state index contributed by atoms with van der Waals surface area (Å²) in [6.45, 7) is 5.27. The lowest BCUT2D eigenvalue weighted by molar-refractivity contribution is 0.377. The normalized spacial score (nSPS) is 11.9. The van der Waals surface area contributed by atoms with Gasteiger partial charge in [0.2, 0.25) is 0 Å². The van der Waals surface area contributed by atoms with Gasteiger partial charge in [0.05, 0.1) is 0 Å². The van der Waals surface area contributed by atoms with Crippen LogP contribution in [-0.4, -0.2) is 11.4 Å². The molecule has 0 aromatic heterocycles. The second-order valence-corrected chi connectivity index (χ2v) is 5.69. The van der Waals surface area contributed by atoms with Crippen LogP contribution in [0.3, 0.4) is 0 Å². The molecule has 1 N–H and O–H groups in total. The standard InChI is InChI=1S/C16H20ClN/c1-16(2,10-11-17)18-12-14-8-5-7-13-6-3-4-9-15(13)14/h3-9,18H,10-12H2,1-2H3. The first-order valence-electron chi connectivity index (χ1n) is 6.40. The van der Waals surface area contributed by atoms with Crippen molar-refractivity contribution in [2.45, 2.75) is 32.4 Å². The maximum atomic E-state index is 5.82. The van der Waals surface area contributed by atoms with Crippen LogP contribution in [0.1, 0.15) is 25.8 Å².